The van der Waals surface area contributed by atoms with E-state index >= 15 is 0 Å². The van der Waals surface area contributed by atoms with Crippen molar-refractivity contribution in [3.63, 3.8) is 0 Å². The Morgan fingerprint density at radius 1 is 1.09 bits per heavy atom. The van der Waals surface area contributed by atoms with Crippen molar-refractivity contribution in [2.75, 3.05) is 19.7 Å². The summed E-state index contributed by atoms with van der Waals surface area (Å²) in [6, 6.07) is 17.0. The molecule has 5 rings (SSSR count). The van der Waals surface area contributed by atoms with Crippen LogP contribution in [0.2, 0.25) is 0 Å². The van der Waals surface area contributed by atoms with E-state index in [2.05, 4.69) is 20.6 Å². The Morgan fingerprint density at radius 2 is 1.94 bits per heavy atom. The van der Waals surface area contributed by atoms with E-state index in [0.29, 0.717) is 23.1 Å². The van der Waals surface area contributed by atoms with Gasteiger partial charge in [-0.15, -0.1) is 10.2 Å². The summed E-state index contributed by atoms with van der Waals surface area (Å²) in [7, 11) is 1.63. The monoisotopic (exact) mass is 449 g/mol. The van der Waals surface area contributed by atoms with Crippen LogP contribution in [0.25, 0.3) is 16.9 Å². The molecule has 10 heteroatoms. The van der Waals surface area contributed by atoms with Gasteiger partial charge >= 0.3 is 0 Å². The van der Waals surface area contributed by atoms with Crippen LogP contribution in [0.4, 0.5) is 0 Å². The highest BCUT2D eigenvalue weighted by Gasteiger charge is 2.14. The lowest BCUT2D eigenvalue weighted by molar-refractivity contribution is -0.118. The quantitative estimate of drug-likeness (QED) is 0.430. The number of aromatic nitrogens is 4. The van der Waals surface area contributed by atoms with Crippen LogP contribution in [0.3, 0.4) is 0 Å². The van der Waals surface area contributed by atoms with Crippen molar-refractivity contribution in [3.05, 3.63) is 60.2 Å². The first kappa shape index (κ1) is 20.1. The lowest BCUT2D eigenvalue weighted by atomic mass is 10.1. The Hall–Kier alpha value is -3.79. The Bertz CT molecular complexity index is 1280. The topological polar surface area (TPSA) is 99.9 Å². The van der Waals surface area contributed by atoms with Crippen molar-refractivity contribution < 1.29 is 19.0 Å². The third kappa shape index (κ3) is 4.17. The third-order valence-electron chi connectivity index (χ3n) is 4.88. The minimum absolute atomic E-state index is 0.115. The summed E-state index contributed by atoms with van der Waals surface area (Å²) in [6.07, 6.45) is 0. The van der Waals surface area contributed by atoms with E-state index in [-0.39, 0.29) is 18.5 Å². The lowest BCUT2D eigenvalue weighted by Gasteiger charge is -2.06. The molecule has 0 spiro atoms. The van der Waals surface area contributed by atoms with Crippen LogP contribution in [-0.4, -0.2) is 45.4 Å². The average molecular weight is 449 g/mol. The van der Waals surface area contributed by atoms with Crippen LogP contribution in [0.15, 0.2) is 59.8 Å². The summed E-state index contributed by atoms with van der Waals surface area (Å²) in [6.45, 7) is 0.624. The van der Waals surface area contributed by atoms with Crippen molar-refractivity contribution >= 4 is 23.3 Å². The molecular weight excluding hydrogens is 430 g/mol. The summed E-state index contributed by atoms with van der Waals surface area (Å²) in [5, 5.41) is 16.4. The third-order valence-corrected chi connectivity index (χ3v) is 5.80. The van der Waals surface area contributed by atoms with Crippen molar-refractivity contribution in [1.29, 1.82) is 0 Å². The summed E-state index contributed by atoms with van der Waals surface area (Å²) in [5.74, 6) is 2.27. The Balaban J connectivity index is 1.23. The number of fused-ring (bicyclic) bond motifs is 2. The number of hydrogen-bond donors (Lipinski definition) is 1. The van der Waals surface area contributed by atoms with Gasteiger partial charge in [-0.3, -0.25) is 4.79 Å². The van der Waals surface area contributed by atoms with Gasteiger partial charge in [-0.1, -0.05) is 17.8 Å². The van der Waals surface area contributed by atoms with Crippen LogP contribution in [0.1, 0.15) is 5.56 Å². The molecule has 9 nitrogen and oxygen atoms in total. The van der Waals surface area contributed by atoms with Gasteiger partial charge in [0.2, 0.25) is 17.9 Å². The molecule has 0 bridgehead atoms. The van der Waals surface area contributed by atoms with Gasteiger partial charge in [0.1, 0.15) is 5.75 Å². The molecule has 0 saturated heterocycles. The highest BCUT2D eigenvalue weighted by atomic mass is 32.2. The fourth-order valence-corrected chi connectivity index (χ4v) is 3.93. The number of thioether (sulfide) groups is 1. The number of carbonyl (C=O) groups is 1. The second-order valence-corrected chi connectivity index (χ2v) is 7.90. The van der Waals surface area contributed by atoms with E-state index in [9.17, 15) is 4.79 Å². The number of nitrogens with zero attached hydrogens (tertiary/aromatic N) is 4. The van der Waals surface area contributed by atoms with Crippen molar-refractivity contribution in [3.8, 4) is 28.5 Å². The number of methoxy groups -OCH3 is 1. The minimum Gasteiger partial charge on any atom is -0.497 e. The molecule has 0 unspecified atom stereocenters. The van der Waals surface area contributed by atoms with E-state index in [1.807, 2.05) is 54.6 Å². The Kier molecular flexibility index (Phi) is 5.51. The predicted molar refractivity (Wildman–Crippen MR) is 118 cm³/mol. The smallest absolute Gasteiger partial charge is 0.231 e. The van der Waals surface area contributed by atoms with Crippen molar-refractivity contribution in [2.45, 2.75) is 11.7 Å². The van der Waals surface area contributed by atoms with Crippen LogP contribution in [0.5, 0.6) is 17.2 Å². The van der Waals surface area contributed by atoms with Crippen LogP contribution < -0.4 is 19.5 Å². The molecule has 4 aromatic rings. The molecular formula is C22H19N5O4S. The van der Waals surface area contributed by atoms with Crippen LogP contribution in [-0.2, 0) is 11.3 Å². The first-order chi connectivity index (χ1) is 15.7. The van der Waals surface area contributed by atoms with Gasteiger partial charge in [-0.05, 0) is 54.1 Å². The summed E-state index contributed by atoms with van der Waals surface area (Å²) < 4.78 is 17.5. The highest BCUT2D eigenvalue weighted by Crippen LogP contribution is 2.32. The maximum Gasteiger partial charge on any atom is 0.231 e. The SMILES string of the molecule is COc1ccc(-c2ccc3nnc(SCC(=O)NCc4ccc5c(c4)OCO5)n3n2)cc1. The van der Waals surface area contributed by atoms with Gasteiger partial charge in [0.15, 0.2) is 17.1 Å². The molecule has 2 aromatic heterocycles. The zero-order chi connectivity index (χ0) is 21.9. The number of ether oxygens (including phenoxy) is 3. The van der Waals surface area contributed by atoms with Gasteiger partial charge < -0.3 is 19.5 Å². The molecule has 162 valence electrons. The van der Waals surface area contributed by atoms with Crippen LogP contribution >= 0.6 is 11.8 Å². The molecule has 3 heterocycles. The number of benzene rings is 2. The highest BCUT2D eigenvalue weighted by molar-refractivity contribution is 7.99. The van der Waals surface area contributed by atoms with E-state index < -0.39 is 0 Å². The molecule has 1 aliphatic rings. The number of carbonyl (C=O) groups excluding carboxylic acids is 1. The number of hydrogen-bond acceptors (Lipinski definition) is 8. The number of amides is 1. The van der Waals surface area contributed by atoms with Crippen molar-refractivity contribution in [2.24, 2.45) is 0 Å². The molecule has 32 heavy (non-hydrogen) atoms. The second kappa shape index (κ2) is 8.75. The maximum absolute atomic E-state index is 12.4. The fraction of sp³-hybridized carbons (Fsp3) is 0.182. The van der Waals surface area contributed by atoms with Crippen LogP contribution in [0, 0.1) is 0 Å². The molecule has 1 amide bonds. The number of rotatable bonds is 7. The van der Waals surface area contributed by atoms with Gasteiger partial charge in [0.25, 0.3) is 0 Å². The van der Waals surface area contributed by atoms with Gasteiger partial charge in [0.05, 0.1) is 18.6 Å². The van der Waals surface area contributed by atoms with E-state index in [0.717, 1.165) is 28.3 Å². The number of nitrogens with one attached hydrogen (secondary N) is 1. The molecule has 0 aliphatic carbocycles. The minimum atomic E-state index is -0.115. The zero-order valence-electron chi connectivity index (χ0n) is 17.1. The predicted octanol–water partition coefficient (Wildman–Crippen LogP) is 2.94. The maximum atomic E-state index is 12.4. The summed E-state index contributed by atoms with van der Waals surface area (Å²) >= 11 is 1.28. The lowest BCUT2D eigenvalue weighted by Crippen LogP contribution is -2.24. The van der Waals surface area contributed by atoms with E-state index in [1.165, 1.54) is 11.8 Å². The standard InChI is InChI=1S/C22H19N5O4S/c1-29-16-5-3-15(4-6-16)17-7-9-20-24-25-22(27(20)26-17)32-12-21(28)23-11-14-2-8-18-19(10-14)31-13-30-18/h2-10H,11-13H2,1H3,(H,23,28). The molecule has 2 aromatic carbocycles. The first-order valence-electron chi connectivity index (χ1n) is 9.84. The molecule has 0 radical (unpaired) electrons. The average Bonchev–Trinajstić information content (AvgIpc) is 3.47. The molecule has 0 saturated carbocycles. The molecule has 1 aliphatic heterocycles. The molecule has 1 N–H and O–H groups in total. The second-order valence-electron chi connectivity index (χ2n) is 6.95. The van der Waals surface area contributed by atoms with Gasteiger partial charge in [-0.25, -0.2) is 0 Å². The Morgan fingerprint density at radius 3 is 2.78 bits per heavy atom. The van der Waals surface area contributed by atoms with E-state index in [1.54, 1.807) is 11.6 Å². The van der Waals surface area contributed by atoms with Gasteiger partial charge in [0, 0.05) is 12.1 Å². The summed E-state index contributed by atoms with van der Waals surface area (Å²) in [5.41, 5.74) is 3.27. The largest absolute Gasteiger partial charge is 0.497 e. The zero-order valence-corrected chi connectivity index (χ0v) is 18.0. The Labute approximate surface area is 187 Å². The van der Waals surface area contributed by atoms with Crippen molar-refractivity contribution in [1.82, 2.24) is 25.1 Å². The molecule has 0 fully saturated rings. The molecule has 0 atom stereocenters. The normalized spacial score (nSPS) is 12.2. The van der Waals surface area contributed by atoms with Gasteiger partial charge in [-0.2, -0.15) is 9.61 Å². The fourth-order valence-electron chi connectivity index (χ4n) is 3.21. The first-order valence-corrected chi connectivity index (χ1v) is 10.8. The van der Waals surface area contributed by atoms with E-state index in [4.69, 9.17) is 14.2 Å². The summed E-state index contributed by atoms with van der Waals surface area (Å²) in [4.78, 5) is 12.4.